The smallest absolute Gasteiger partial charge is 0.123 e. The number of phenolic OH excluding ortho intramolecular Hbond substituents is 1. The van der Waals surface area contributed by atoms with Crippen LogP contribution in [0.2, 0.25) is 0 Å². The van der Waals surface area contributed by atoms with Crippen LogP contribution >= 0.6 is 0 Å². The predicted molar refractivity (Wildman–Crippen MR) is 121 cm³/mol. The Morgan fingerprint density at radius 2 is 1.13 bits per heavy atom. The number of nitriles is 2. The molecule has 0 fully saturated rings. The molecule has 0 amide bonds. The number of aryl methyl sites for hydroxylation is 2. The molecule has 0 aliphatic rings. The van der Waals surface area contributed by atoms with Crippen molar-refractivity contribution in [3.8, 4) is 51.5 Å². The van der Waals surface area contributed by atoms with Gasteiger partial charge in [0.25, 0.3) is 0 Å². The predicted octanol–water partition coefficient (Wildman–Crippen LogP) is 6.15. The molecule has 0 bridgehead atoms. The number of phenols is 1. The summed E-state index contributed by atoms with van der Waals surface area (Å²) in [5, 5.41) is 30.8. The van der Waals surface area contributed by atoms with Gasteiger partial charge in [0, 0.05) is 22.3 Å². The van der Waals surface area contributed by atoms with Gasteiger partial charge in [-0.1, -0.05) is 77.9 Å². The van der Waals surface area contributed by atoms with Crippen LogP contribution in [-0.2, 0) is 0 Å². The van der Waals surface area contributed by atoms with Crippen molar-refractivity contribution >= 4 is 0 Å². The summed E-state index contributed by atoms with van der Waals surface area (Å²) in [7, 11) is 0. The molecule has 0 aliphatic carbocycles. The van der Waals surface area contributed by atoms with Gasteiger partial charge in [0.05, 0.1) is 22.5 Å². The Kier molecular flexibility index (Phi) is 5.22. The van der Waals surface area contributed by atoms with E-state index in [1.807, 2.05) is 62.4 Å². The molecule has 4 nitrogen and oxygen atoms in total. The molecule has 148 valence electrons. The summed E-state index contributed by atoms with van der Waals surface area (Å²) in [6.45, 7) is 3.98. The first-order valence-electron chi connectivity index (χ1n) is 9.84. The molecule has 0 saturated heterocycles. The maximum atomic E-state index is 10.6. The van der Waals surface area contributed by atoms with Gasteiger partial charge in [-0.2, -0.15) is 10.5 Å². The minimum absolute atomic E-state index is 0.00594. The van der Waals surface area contributed by atoms with Crippen LogP contribution in [-0.4, -0.2) is 10.1 Å². The van der Waals surface area contributed by atoms with Crippen molar-refractivity contribution < 1.29 is 5.11 Å². The van der Waals surface area contributed by atoms with Crippen LogP contribution in [0.15, 0.2) is 72.8 Å². The first kappa shape index (κ1) is 19.9. The third-order valence-corrected chi connectivity index (χ3v) is 5.24. The van der Waals surface area contributed by atoms with Crippen molar-refractivity contribution in [1.29, 1.82) is 10.5 Å². The lowest BCUT2D eigenvalue weighted by atomic mass is 9.89. The molecule has 31 heavy (non-hydrogen) atoms. The fraction of sp³-hybridized carbons (Fsp3) is 0.0741. The van der Waals surface area contributed by atoms with Crippen LogP contribution in [0.3, 0.4) is 0 Å². The van der Waals surface area contributed by atoms with Crippen LogP contribution in [0.25, 0.3) is 33.6 Å². The first-order valence-corrected chi connectivity index (χ1v) is 9.84. The average Bonchev–Trinajstić information content (AvgIpc) is 2.79. The van der Waals surface area contributed by atoms with Gasteiger partial charge in [-0.25, -0.2) is 4.98 Å². The highest BCUT2D eigenvalue weighted by Gasteiger charge is 2.24. The van der Waals surface area contributed by atoms with Gasteiger partial charge in [0.1, 0.15) is 17.9 Å². The average molecular weight is 401 g/mol. The number of para-hydroxylation sites is 1. The van der Waals surface area contributed by atoms with Gasteiger partial charge >= 0.3 is 0 Å². The molecule has 0 spiro atoms. The van der Waals surface area contributed by atoms with E-state index in [4.69, 9.17) is 4.98 Å². The minimum atomic E-state index is 0.00594. The van der Waals surface area contributed by atoms with E-state index in [0.717, 1.165) is 22.3 Å². The third kappa shape index (κ3) is 3.64. The molecule has 0 aliphatic heterocycles. The minimum Gasteiger partial charge on any atom is -0.507 e. The fourth-order valence-electron chi connectivity index (χ4n) is 3.60. The van der Waals surface area contributed by atoms with E-state index >= 15 is 0 Å². The number of rotatable bonds is 3. The zero-order valence-corrected chi connectivity index (χ0v) is 17.2. The van der Waals surface area contributed by atoms with Crippen molar-refractivity contribution in [2.24, 2.45) is 0 Å². The molecule has 0 unspecified atom stereocenters. The van der Waals surface area contributed by atoms with E-state index in [0.29, 0.717) is 22.5 Å². The Labute approximate surface area is 181 Å². The molecular formula is C27H19N3O. The second kappa shape index (κ2) is 8.14. The van der Waals surface area contributed by atoms with Gasteiger partial charge in [0.2, 0.25) is 0 Å². The zero-order chi connectivity index (χ0) is 22.0. The maximum absolute atomic E-state index is 10.6. The number of hydrogen-bond acceptors (Lipinski definition) is 4. The van der Waals surface area contributed by atoms with E-state index in [1.54, 1.807) is 24.3 Å². The molecule has 1 N–H and O–H groups in total. The lowest BCUT2D eigenvalue weighted by Crippen LogP contribution is -2.02. The van der Waals surface area contributed by atoms with E-state index in [9.17, 15) is 15.6 Å². The summed E-state index contributed by atoms with van der Waals surface area (Å²) >= 11 is 0. The van der Waals surface area contributed by atoms with Crippen molar-refractivity contribution in [3.05, 3.63) is 95.1 Å². The van der Waals surface area contributed by atoms with Crippen molar-refractivity contribution in [2.45, 2.75) is 13.8 Å². The Morgan fingerprint density at radius 3 is 1.55 bits per heavy atom. The third-order valence-electron chi connectivity index (χ3n) is 5.24. The zero-order valence-electron chi connectivity index (χ0n) is 17.2. The Bertz CT molecular complexity index is 1270. The number of hydrogen-bond donors (Lipinski definition) is 1. The van der Waals surface area contributed by atoms with Gasteiger partial charge in [-0.05, 0) is 19.9 Å². The largest absolute Gasteiger partial charge is 0.507 e. The number of nitrogens with zero attached hydrogens (tertiary/aromatic N) is 3. The molecule has 4 aromatic rings. The molecule has 0 atom stereocenters. The number of pyridine rings is 1. The second-order valence-electron chi connectivity index (χ2n) is 7.41. The van der Waals surface area contributed by atoms with E-state index < -0.39 is 0 Å². The molecule has 0 radical (unpaired) electrons. The van der Waals surface area contributed by atoms with Gasteiger partial charge in [-0.15, -0.1) is 0 Å². The monoisotopic (exact) mass is 401 g/mol. The molecule has 4 rings (SSSR count). The van der Waals surface area contributed by atoms with E-state index in [-0.39, 0.29) is 16.9 Å². The van der Waals surface area contributed by atoms with Gasteiger partial charge in [-0.3, -0.25) is 0 Å². The Morgan fingerprint density at radius 1 is 0.677 bits per heavy atom. The SMILES string of the molecule is Cc1ccc(-c2nc(-c3ccc(C)cc3)c(C#N)c(-c3ccccc3O)c2C#N)cc1. The van der Waals surface area contributed by atoms with Crippen LogP contribution in [0.5, 0.6) is 5.75 Å². The number of aromatic nitrogens is 1. The van der Waals surface area contributed by atoms with Crippen LogP contribution < -0.4 is 0 Å². The summed E-state index contributed by atoms with van der Waals surface area (Å²) in [6.07, 6.45) is 0. The summed E-state index contributed by atoms with van der Waals surface area (Å²) in [5.41, 5.74) is 6.05. The van der Waals surface area contributed by atoms with Gasteiger partial charge < -0.3 is 5.11 Å². The highest BCUT2D eigenvalue weighted by molar-refractivity contribution is 5.91. The second-order valence-corrected chi connectivity index (χ2v) is 7.41. The van der Waals surface area contributed by atoms with Crippen LogP contribution in [0, 0.1) is 36.5 Å². The summed E-state index contributed by atoms with van der Waals surface area (Å²) in [5.74, 6) is 0.00594. The molecular weight excluding hydrogens is 382 g/mol. The first-order chi connectivity index (χ1) is 15.0. The molecule has 1 aromatic heterocycles. The van der Waals surface area contributed by atoms with Crippen molar-refractivity contribution in [1.82, 2.24) is 4.98 Å². The maximum Gasteiger partial charge on any atom is 0.123 e. The van der Waals surface area contributed by atoms with E-state index in [2.05, 4.69) is 12.1 Å². The quantitative estimate of drug-likeness (QED) is 0.446. The molecule has 3 aromatic carbocycles. The lowest BCUT2D eigenvalue weighted by molar-refractivity contribution is 0.477. The molecule has 0 saturated carbocycles. The van der Waals surface area contributed by atoms with Crippen molar-refractivity contribution in [3.63, 3.8) is 0 Å². The normalized spacial score (nSPS) is 10.3. The fourth-order valence-corrected chi connectivity index (χ4v) is 3.60. The Balaban J connectivity index is 2.15. The summed E-state index contributed by atoms with van der Waals surface area (Å²) in [4.78, 5) is 4.80. The van der Waals surface area contributed by atoms with E-state index in [1.165, 1.54) is 0 Å². The molecule has 1 heterocycles. The highest BCUT2D eigenvalue weighted by Crippen LogP contribution is 2.41. The summed E-state index contributed by atoms with van der Waals surface area (Å²) < 4.78 is 0. The number of benzene rings is 3. The van der Waals surface area contributed by atoms with Crippen LogP contribution in [0.4, 0.5) is 0 Å². The van der Waals surface area contributed by atoms with Gasteiger partial charge in [0.15, 0.2) is 0 Å². The lowest BCUT2D eigenvalue weighted by Gasteiger charge is -2.16. The Hall–Kier alpha value is -4.41. The molecule has 4 heteroatoms. The standard InChI is InChI=1S/C27H19N3O/c1-17-7-11-19(12-8-17)26-22(15-28)25(21-5-3-4-6-24(21)31)23(16-29)27(30-26)20-13-9-18(2)10-14-20/h3-14,31H,1-2H3. The summed E-state index contributed by atoms with van der Waals surface area (Å²) in [6, 6.07) is 26.7. The highest BCUT2D eigenvalue weighted by atomic mass is 16.3. The topological polar surface area (TPSA) is 80.7 Å². The van der Waals surface area contributed by atoms with Crippen molar-refractivity contribution in [2.75, 3.05) is 0 Å². The van der Waals surface area contributed by atoms with Crippen LogP contribution in [0.1, 0.15) is 22.3 Å². The number of aromatic hydroxyl groups is 1.